The Balaban J connectivity index is 3.52. The number of hydrogen-bond acceptors (Lipinski definition) is 7. The molecule has 0 aliphatic carbocycles. The van der Waals surface area contributed by atoms with Crippen LogP contribution in [-0.4, -0.2) is 62.9 Å². The first-order valence-corrected chi connectivity index (χ1v) is 6.38. The summed E-state index contributed by atoms with van der Waals surface area (Å²) in [5, 5.41) is 9.85. The van der Waals surface area contributed by atoms with E-state index >= 15 is 0 Å². The summed E-state index contributed by atoms with van der Waals surface area (Å²) in [4.78, 5) is 0. The highest BCUT2D eigenvalue weighted by Crippen LogP contribution is 1.91. The van der Waals surface area contributed by atoms with Gasteiger partial charge in [-0.2, -0.15) is 8.42 Å². The van der Waals surface area contributed by atoms with Gasteiger partial charge in [-0.3, -0.25) is 4.55 Å². The normalized spacial score (nSPS) is 12.9. The summed E-state index contributed by atoms with van der Waals surface area (Å²) >= 11 is 0. The highest BCUT2D eigenvalue weighted by molar-refractivity contribution is 8.01. The highest BCUT2D eigenvalue weighted by Gasteiger charge is 2.16. The van der Waals surface area contributed by atoms with Crippen LogP contribution in [0, 0.1) is 0 Å². The third kappa shape index (κ3) is 9.01. The number of rotatable bonds is 9. The molecular weight excluding hydrogens is 254 g/mol. The molecule has 0 aromatic rings. The molecule has 0 rings (SSSR count). The molecule has 0 bridgehead atoms. The summed E-state index contributed by atoms with van der Waals surface area (Å²) in [5.74, 6) is 0. The second-order valence-corrected chi connectivity index (χ2v) is 4.25. The summed E-state index contributed by atoms with van der Waals surface area (Å²) in [6.45, 7) is 3.22. The Hall–Kier alpha value is -0.740. The van der Waals surface area contributed by atoms with Crippen LogP contribution in [0.4, 0.5) is 0 Å². The van der Waals surface area contributed by atoms with Crippen LogP contribution in [0.3, 0.4) is 0 Å². The average molecular weight is 271 g/mol. The van der Waals surface area contributed by atoms with Gasteiger partial charge in [-0.25, -0.2) is 0 Å². The van der Waals surface area contributed by atoms with Gasteiger partial charge >= 0.3 is 10.1 Å². The molecule has 0 aliphatic heterocycles. The van der Waals surface area contributed by atoms with Crippen LogP contribution in [0.2, 0.25) is 0 Å². The molecular formula is C8H17NO7S. The van der Waals surface area contributed by atoms with E-state index in [0.717, 1.165) is 0 Å². The number of nitrogens with zero attached hydrogens (tertiary/aromatic N) is 1. The van der Waals surface area contributed by atoms with Crippen molar-refractivity contribution in [1.82, 2.24) is 0 Å². The molecule has 0 saturated carbocycles. The van der Waals surface area contributed by atoms with E-state index in [0.29, 0.717) is 19.8 Å². The molecule has 0 aliphatic rings. The van der Waals surface area contributed by atoms with Crippen molar-refractivity contribution >= 4 is 15.2 Å². The van der Waals surface area contributed by atoms with Gasteiger partial charge in [0.1, 0.15) is 6.61 Å². The van der Waals surface area contributed by atoms with Gasteiger partial charge in [-0.15, -0.1) is 0 Å². The van der Waals surface area contributed by atoms with Crippen molar-refractivity contribution in [3.05, 3.63) is 0 Å². The zero-order valence-electron chi connectivity index (χ0n) is 9.53. The fourth-order valence-corrected chi connectivity index (χ4v) is 1.13. The molecule has 0 spiro atoms. The van der Waals surface area contributed by atoms with Crippen LogP contribution in [-0.2, 0) is 24.3 Å². The van der Waals surface area contributed by atoms with E-state index in [1.54, 1.807) is 0 Å². The molecule has 0 saturated heterocycles. The third-order valence-electron chi connectivity index (χ3n) is 1.58. The van der Waals surface area contributed by atoms with E-state index in [9.17, 15) is 8.42 Å². The fraction of sp³-hybridized carbons (Fsp3) is 0.875. The van der Waals surface area contributed by atoms with Crippen LogP contribution >= 0.6 is 0 Å². The van der Waals surface area contributed by atoms with Crippen LogP contribution in [0.25, 0.3) is 0 Å². The smallest absolute Gasteiger partial charge is 0.313 e. The molecule has 9 heteroatoms. The summed E-state index contributed by atoms with van der Waals surface area (Å²) in [7, 11) is -4.51. The van der Waals surface area contributed by atoms with Gasteiger partial charge < -0.3 is 19.4 Å². The minimum atomic E-state index is -4.51. The fourth-order valence-electron chi connectivity index (χ4n) is 0.797. The van der Waals surface area contributed by atoms with Crippen molar-refractivity contribution in [2.24, 2.45) is 5.16 Å². The van der Waals surface area contributed by atoms with Gasteiger partial charge in [0.05, 0.1) is 26.4 Å². The first-order valence-electron chi connectivity index (χ1n) is 4.94. The number of hydrogen-bond donors (Lipinski definition) is 2. The van der Waals surface area contributed by atoms with E-state index in [1.165, 1.54) is 0 Å². The minimum absolute atomic E-state index is 0.112. The Morgan fingerprint density at radius 1 is 1.12 bits per heavy atom. The predicted octanol–water partition coefficient (Wildman–Crippen LogP) is -0.268. The van der Waals surface area contributed by atoms with E-state index in [1.807, 2.05) is 6.92 Å². The topological polar surface area (TPSA) is 115 Å². The molecule has 102 valence electrons. The lowest BCUT2D eigenvalue weighted by atomic mass is 10.7. The van der Waals surface area contributed by atoms with Crippen LogP contribution < -0.4 is 0 Å². The first kappa shape index (κ1) is 16.3. The second-order valence-electron chi connectivity index (χ2n) is 2.83. The summed E-state index contributed by atoms with van der Waals surface area (Å²) in [6.07, 6.45) is 0. The van der Waals surface area contributed by atoms with Crippen molar-refractivity contribution in [2.45, 2.75) is 6.92 Å². The Morgan fingerprint density at radius 3 is 2.12 bits per heavy atom. The standard InChI is InChI=1S/C8H17NO7S/c1-2-14-3-4-15-5-6-16-7-8(9-10)17(11,12)13/h10H,2-7H2,1H3,(H,11,12,13). The monoisotopic (exact) mass is 271 g/mol. The maximum absolute atomic E-state index is 10.5. The highest BCUT2D eigenvalue weighted by atomic mass is 32.2. The summed E-state index contributed by atoms with van der Waals surface area (Å²) in [6, 6.07) is 0. The van der Waals surface area contributed by atoms with Crippen molar-refractivity contribution in [2.75, 3.05) is 39.6 Å². The molecule has 0 aromatic heterocycles. The van der Waals surface area contributed by atoms with Gasteiger partial charge in [-0.05, 0) is 6.92 Å². The molecule has 0 radical (unpaired) electrons. The van der Waals surface area contributed by atoms with Gasteiger partial charge in [0.25, 0.3) is 0 Å². The summed E-state index contributed by atoms with van der Waals surface area (Å²) < 4.78 is 44.5. The van der Waals surface area contributed by atoms with Gasteiger partial charge in [0, 0.05) is 6.61 Å². The Morgan fingerprint density at radius 2 is 1.65 bits per heavy atom. The number of ether oxygens (including phenoxy) is 3. The molecule has 0 fully saturated rings. The lowest BCUT2D eigenvalue weighted by Gasteiger charge is -2.05. The molecule has 17 heavy (non-hydrogen) atoms. The maximum atomic E-state index is 10.5. The van der Waals surface area contributed by atoms with E-state index < -0.39 is 21.8 Å². The third-order valence-corrected chi connectivity index (χ3v) is 2.38. The minimum Gasteiger partial charge on any atom is -0.410 e. The van der Waals surface area contributed by atoms with E-state index in [4.69, 9.17) is 24.0 Å². The average Bonchev–Trinajstić information content (AvgIpc) is 2.25. The summed E-state index contributed by atoms with van der Waals surface area (Å²) in [5.41, 5.74) is 0. The maximum Gasteiger partial charge on any atom is 0.313 e. The predicted molar refractivity (Wildman–Crippen MR) is 58.9 cm³/mol. The first-order chi connectivity index (χ1) is 8.02. The molecule has 0 atom stereocenters. The molecule has 2 N–H and O–H groups in total. The van der Waals surface area contributed by atoms with Gasteiger partial charge in [-0.1, -0.05) is 5.16 Å². The molecule has 0 amide bonds. The largest absolute Gasteiger partial charge is 0.410 e. The SMILES string of the molecule is CCOCCOCCOCC(=NO)S(=O)(=O)O. The van der Waals surface area contributed by atoms with E-state index in [2.05, 4.69) is 5.16 Å². The molecule has 0 unspecified atom stereocenters. The molecule has 8 nitrogen and oxygen atoms in total. The van der Waals surface area contributed by atoms with Crippen LogP contribution in [0.5, 0.6) is 0 Å². The Labute approximate surface area is 99.9 Å². The molecule has 0 aromatic carbocycles. The zero-order valence-corrected chi connectivity index (χ0v) is 10.4. The van der Waals surface area contributed by atoms with Crippen molar-refractivity contribution < 1.29 is 32.4 Å². The number of oxime groups is 1. The molecule has 0 heterocycles. The van der Waals surface area contributed by atoms with Gasteiger partial charge in [0.15, 0.2) is 0 Å². The zero-order chi connectivity index (χ0) is 13.1. The van der Waals surface area contributed by atoms with Crippen LogP contribution in [0.1, 0.15) is 6.92 Å². The Bertz CT molecular complexity index is 314. The lowest BCUT2D eigenvalue weighted by Crippen LogP contribution is -2.21. The van der Waals surface area contributed by atoms with Crippen molar-refractivity contribution in [3.8, 4) is 0 Å². The quantitative estimate of drug-likeness (QED) is 0.148. The second kappa shape index (κ2) is 9.31. The van der Waals surface area contributed by atoms with E-state index in [-0.39, 0.29) is 13.2 Å². The van der Waals surface area contributed by atoms with Crippen molar-refractivity contribution in [1.29, 1.82) is 0 Å². The lowest BCUT2D eigenvalue weighted by molar-refractivity contribution is 0.0239. The Kier molecular flexibility index (Phi) is 8.90. The van der Waals surface area contributed by atoms with Crippen molar-refractivity contribution in [3.63, 3.8) is 0 Å². The van der Waals surface area contributed by atoms with Gasteiger partial charge in [0.2, 0.25) is 5.04 Å². The van der Waals surface area contributed by atoms with Crippen LogP contribution in [0.15, 0.2) is 5.16 Å².